The van der Waals surface area contributed by atoms with Crippen LogP contribution < -0.4 is 10.6 Å². The highest BCUT2D eigenvalue weighted by Crippen LogP contribution is 2.16. The van der Waals surface area contributed by atoms with E-state index in [9.17, 15) is 0 Å². The van der Waals surface area contributed by atoms with Gasteiger partial charge in [0.15, 0.2) is 11.8 Å². The van der Waals surface area contributed by atoms with Gasteiger partial charge in [0.25, 0.3) is 5.89 Å². The van der Waals surface area contributed by atoms with Gasteiger partial charge in [0, 0.05) is 31.7 Å². The number of hydrogen-bond acceptors (Lipinski definition) is 6. The van der Waals surface area contributed by atoms with Crippen LogP contribution in [0.2, 0.25) is 0 Å². The van der Waals surface area contributed by atoms with Gasteiger partial charge in [-0.15, -0.1) is 0 Å². The molecule has 1 aliphatic rings. The lowest BCUT2D eigenvalue weighted by Crippen LogP contribution is -2.40. The van der Waals surface area contributed by atoms with Gasteiger partial charge in [-0.05, 0) is 45.0 Å². The van der Waals surface area contributed by atoms with Gasteiger partial charge in [-0.25, -0.2) is 0 Å². The van der Waals surface area contributed by atoms with Crippen LogP contribution in [-0.2, 0) is 6.42 Å². The third-order valence-corrected chi connectivity index (χ3v) is 4.70. The number of guanidine groups is 1. The van der Waals surface area contributed by atoms with E-state index in [0.717, 1.165) is 25.6 Å². The molecule has 0 amide bonds. The molecule has 8 nitrogen and oxygen atoms in total. The third kappa shape index (κ3) is 5.50. The predicted octanol–water partition coefficient (Wildman–Crippen LogP) is 1.71. The lowest BCUT2D eigenvalue weighted by Gasteiger charge is -2.21. The Morgan fingerprint density at radius 2 is 2.26 bits per heavy atom. The zero-order valence-electron chi connectivity index (χ0n) is 16.2. The van der Waals surface area contributed by atoms with Crippen LogP contribution in [-0.4, -0.2) is 64.7 Å². The fourth-order valence-corrected chi connectivity index (χ4v) is 3.30. The Balaban J connectivity index is 1.49. The van der Waals surface area contributed by atoms with Gasteiger partial charge in [-0.1, -0.05) is 18.1 Å². The van der Waals surface area contributed by atoms with Crippen molar-refractivity contribution >= 4 is 5.96 Å². The minimum Gasteiger partial charge on any atom is -0.357 e. The van der Waals surface area contributed by atoms with E-state index < -0.39 is 0 Å². The van der Waals surface area contributed by atoms with Crippen molar-refractivity contribution in [3.63, 3.8) is 0 Å². The van der Waals surface area contributed by atoms with E-state index in [2.05, 4.69) is 44.5 Å². The van der Waals surface area contributed by atoms with Gasteiger partial charge in [-0.3, -0.25) is 14.9 Å². The fourth-order valence-electron chi connectivity index (χ4n) is 3.30. The lowest BCUT2D eigenvalue weighted by atomic mass is 10.2. The molecule has 2 N–H and O–H groups in total. The predicted molar refractivity (Wildman–Crippen MR) is 105 cm³/mol. The van der Waals surface area contributed by atoms with Crippen LogP contribution in [0.3, 0.4) is 0 Å². The number of aliphatic imine (C=N–C) groups is 1. The van der Waals surface area contributed by atoms with E-state index in [0.29, 0.717) is 36.4 Å². The van der Waals surface area contributed by atoms with Crippen molar-refractivity contribution in [2.75, 3.05) is 32.7 Å². The first-order chi connectivity index (χ1) is 13.3. The summed E-state index contributed by atoms with van der Waals surface area (Å²) in [5.74, 6) is 1.95. The van der Waals surface area contributed by atoms with Crippen molar-refractivity contribution in [3.8, 4) is 11.6 Å². The standard InChI is InChI=1S/C19H29N7O/c1-3-20-19(23-14-15-8-7-13-26(15)4-2)22-12-10-17-24-18(27-25-17)16-9-5-6-11-21-16/h5-6,9,11,15H,3-4,7-8,10,12-14H2,1-2H3,(H2,20,22,23). The molecule has 1 unspecified atom stereocenters. The number of aromatic nitrogens is 3. The molecular formula is C19H29N7O. The topological polar surface area (TPSA) is 91.5 Å². The van der Waals surface area contributed by atoms with Crippen molar-refractivity contribution in [2.24, 2.45) is 4.99 Å². The summed E-state index contributed by atoms with van der Waals surface area (Å²) in [7, 11) is 0. The number of pyridine rings is 1. The summed E-state index contributed by atoms with van der Waals surface area (Å²) in [5.41, 5.74) is 0.691. The minimum atomic E-state index is 0.451. The number of nitrogens with zero attached hydrogens (tertiary/aromatic N) is 5. The van der Waals surface area contributed by atoms with Gasteiger partial charge in [-0.2, -0.15) is 4.98 Å². The first kappa shape index (κ1) is 19.3. The van der Waals surface area contributed by atoms with Crippen LogP contribution in [0.4, 0.5) is 0 Å². The van der Waals surface area contributed by atoms with Crippen LogP contribution in [0.25, 0.3) is 11.6 Å². The highest BCUT2D eigenvalue weighted by atomic mass is 16.5. The Morgan fingerprint density at radius 1 is 1.33 bits per heavy atom. The number of likely N-dealkylation sites (tertiary alicyclic amines) is 1. The zero-order valence-corrected chi connectivity index (χ0v) is 16.2. The second-order valence-corrected chi connectivity index (χ2v) is 6.55. The number of rotatable bonds is 8. The van der Waals surface area contributed by atoms with Crippen LogP contribution in [0.15, 0.2) is 33.9 Å². The third-order valence-electron chi connectivity index (χ3n) is 4.70. The zero-order chi connectivity index (χ0) is 18.9. The number of hydrogen-bond donors (Lipinski definition) is 2. The quantitative estimate of drug-likeness (QED) is 0.539. The summed E-state index contributed by atoms with van der Waals surface area (Å²) in [6, 6.07) is 6.17. The summed E-state index contributed by atoms with van der Waals surface area (Å²) < 4.78 is 5.29. The molecule has 1 atom stereocenters. The van der Waals surface area contributed by atoms with Crippen LogP contribution in [0.5, 0.6) is 0 Å². The molecule has 146 valence electrons. The van der Waals surface area contributed by atoms with E-state index in [1.54, 1.807) is 6.20 Å². The number of likely N-dealkylation sites (N-methyl/N-ethyl adjacent to an activating group) is 1. The molecule has 0 saturated carbocycles. The van der Waals surface area contributed by atoms with Crippen LogP contribution in [0, 0.1) is 0 Å². The summed E-state index contributed by atoms with van der Waals surface area (Å²) in [5, 5.41) is 10.7. The molecule has 0 aromatic carbocycles. The molecule has 0 bridgehead atoms. The Kier molecular flexibility index (Phi) is 7.15. The Hall–Kier alpha value is -2.48. The van der Waals surface area contributed by atoms with E-state index in [1.807, 2.05) is 18.2 Å². The Labute approximate surface area is 160 Å². The lowest BCUT2D eigenvalue weighted by molar-refractivity contribution is 0.273. The minimum absolute atomic E-state index is 0.451. The number of nitrogens with one attached hydrogen (secondary N) is 2. The largest absolute Gasteiger partial charge is 0.357 e. The smallest absolute Gasteiger partial charge is 0.276 e. The van der Waals surface area contributed by atoms with Gasteiger partial charge in [0.2, 0.25) is 0 Å². The van der Waals surface area contributed by atoms with Crippen LogP contribution >= 0.6 is 0 Å². The average molecular weight is 371 g/mol. The van der Waals surface area contributed by atoms with E-state index in [4.69, 9.17) is 9.52 Å². The molecule has 2 aromatic rings. The van der Waals surface area contributed by atoms with Crippen molar-refractivity contribution in [1.29, 1.82) is 0 Å². The molecule has 0 aliphatic carbocycles. The summed E-state index contributed by atoms with van der Waals surface area (Å²) in [6.45, 7) is 8.93. The summed E-state index contributed by atoms with van der Waals surface area (Å²) in [6.07, 6.45) is 4.87. The van der Waals surface area contributed by atoms with Crippen molar-refractivity contribution in [3.05, 3.63) is 30.2 Å². The molecule has 3 heterocycles. The average Bonchev–Trinajstić information content (AvgIpc) is 3.36. The second kappa shape index (κ2) is 10.0. The molecule has 1 aliphatic heterocycles. The van der Waals surface area contributed by atoms with Crippen molar-refractivity contribution in [2.45, 2.75) is 39.2 Å². The van der Waals surface area contributed by atoms with Crippen LogP contribution in [0.1, 0.15) is 32.5 Å². The van der Waals surface area contributed by atoms with E-state index in [1.165, 1.54) is 19.4 Å². The second-order valence-electron chi connectivity index (χ2n) is 6.55. The Bertz CT molecular complexity index is 716. The van der Waals surface area contributed by atoms with Crippen molar-refractivity contribution < 1.29 is 4.52 Å². The SMILES string of the molecule is CCNC(=NCC1CCCN1CC)NCCc1noc(-c2ccccn2)n1. The molecule has 1 saturated heterocycles. The van der Waals surface area contributed by atoms with Gasteiger partial charge in [0.05, 0.1) is 6.54 Å². The van der Waals surface area contributed by atoms with E-state index in [-0.39, 0.29) is 0 Å². The first-order valence-corrected chi connectivity index (χ1v) is 9.80. The maximum Gasteiger partial charge on any atom is 0.276 e. The first-order valence-electron chi connectivity index (χ1n) is 9.80. The molecule has 27 heavy (non-hydrogen) atoms. The molecule has 1 fully saturated rings. The highest BCUT2D eigenvalue weighted by Gasteiger charge is 2.22. The molecule has 0 radical (unpaired) electrons. The highest BCUT2D eigenvalue weighted by molar-refractivity contribution is 5.79. The van der Waals surface area contributed by atoms with Crippen molar-refractivity contribution in [1.82, 2.24) is 30.7 Å². The maximum absolute atomic E-state index is 5.29. The molecular weight excluding hydrogens is 342 g/mol. The Morgan fingerprint density at radius 3 is 3.04 bits per heavy atom. The normalized spacial score (nSPS) is 18.0. The molecule has 0 spiro atoms. The van der Waals surface area contributed by atoms with E-state index >= 15 is 0 Å². The van der Waals surface area contributed by atoms with Gasteiger partial charge < -0.3 is 15.2 Å². The molecule has 8 heteroatoms. The van der Waals surface area contributed by atoms with Gasteiger partial charge >= 0.3 is 0 Å². The molecule has 3 rings (SSSR count). The fraction of sp³-hybridized carbons (Fsp3) is 0.579. The molecule has 2 aromatic heterocycles. The monoisotopic (exact) mass is 371 g/mol. The van der Waals surface area contributed by atoms with Gasteiger partial charge in [0.1, 0.15) is 5.69 Å². The summed E-state index contributed by atoms with van der Waals surface area (Å²) >= 11 is 0. The summed E-state index contributed by atoms with van der Waals surface area (Å²) in [4.78, 5) is 15.9. The maximum atomic E-state index is 5.29.